The lowest BCUT2D eigenvalue weighted by molar-refractivity contribution is -0.478. The third-order valence-electron chi connectivity index (χ3n) is 2.73. The van der Waals surface area contributed by atoms with E-state index >= 15 is 0 Å². The predicted molar refractivity (Wildman–Crippen MR) is 45.4 cm³/mol. The first kappa shape index (κ1) is 27.9. The molecule has 0 aromatic rings. The second kappa shape index (κ2) is 6.36. The zero-order valence-corrected chi connectivity index (χ0v) is 11.3. The zero-order valence-electron chi connectivity index (χ0n) is 11.3. The Morgan fingerprint density at radius 3 is 0.778 bits per heavy atom. The normalized spacial score (nSPS) is 18.0. The molecule has 27 heavy (non-hydrogen) atoms. The van der Waals surface area contributed by atoms with Crippen molar-refractivity contribution in [1.29, 1.82) is 0 Å². The predicted octanol–water partition coefficient (Wildman–Crippen LogP) is 5.10. The van der Waals surface area contributed by atoms with E-state index in [0.717, 1.165) is 0 Å². The summed E-state index contributed by atoms with van der Waals surface area (Å²) in [5.41, 5.74) is 0. The second-order valence-electron chi connectivity index (χ2n) is 4.49. The van der Waals surface area contributed by atoms with E-state index in [1.807, 2.05) is 0 Å². The van der Waals surface area contributed by atoms with Gasteiger partial charge < -0.3 is 5.11 Å². The van der Waals surface area contributed by atoms with Gasteiger partial charge in [-0.25, -0.2) is 0 Å². The smallest absolute Gasteiger partial charge is 0.350 e. The van der Waals surface area contributed by atoms with Gasteiger partial charge in [0.15, 0.2) is 0 Å². The quantitative estimate of drug-likeness (QED) is 0.572. The molecule has 0 rings (SSSR count). The van der Waals surface area contributed by atoms with Gasteiger partial charge >= 0.3 is 47.8 Å². The maximum absolute atomic E-state index is 12.8. The fraction of sp³-hybridized carbons (Fsp3) is 1.00. The summed E-state index contributed by atoms with van der Waals surface area (Å²) in [6, 6.07) is 0. The van der Waals surface area contributed by atoms with Crippen LogP contribution in [0, 0.1) is 0 Å². The lowest BCUT2D eigenvalue weighted by Gasteiger charge is -2.42. The van der Waals surface area contributed by atoms with E-state index < -0.39 is 47.8 Å². The summed E-state index contributed by atoms with van der Waals surface area (Å²) >= 11 is 0. The Bertz CT molecular complexity index is 474. The van der Waals surface area contributed by atoms with Crippen molar-refractivity contribution in [2.45, 2.75) is 47.8 Å². The SMILES string of the molecule is F.OC(F)(C(F)(F)F)C(F)(F)C(F)(F)C(F)(F)C(F)(F)C(F)(F)C(F)(F)F. The Hall–Kier alpha value is -1.30. The van der Waals surface area contributed by atoms with Crippen LogP contribution < -0.4 is 0 Å². The highest BCUT2D eigenvalue weighted by Gasteiger charge is 2.95. The summed E-state index contributed by atoms with van der Waals surface area (Å²) in [6.45, 7) is 0. The van der Waals surface area contributed by atoms with E-state index in [9.17, 15) is 74.6 Å². The number of alkyl halides is 17. The summed E-state index contributed by atoms with van der Waals surface area (Å²) in [5, 5.41) is 7.70. The molecule has 166 valence electrons. The van der Waals surface area contributed by atoms with Gasteiger partial charge in [-0.3, -0.25) is 4.70 Å². The summed E-state index contributed by atoms with van der Waals surface area (Å²) in [4.78, 5) is 0. The second-order valence-corrected chi connectivity index (χ2v) is 4.49. The molecule has 1 nitrogen and oxygen atoms in total. The van der Waals surface area contributed by atoms with Crippen molar-refractivity contribution in [2.75, 3.05) is 0 Å². The van der Waals surface area contributed by atoms with Crippen molar-refractivity contribution < 1.29 is 84.4 Å². The monoisotopic (exact) mass is 456 g/mol. The highest BCUT2D eigenvalue weighted by molar-refractivity contribution is 5.13. The molecule has 0 spiro atoms. The lowest BCUT2D eigenvalue weighted by atomic mass is 9.90. The van der Waals surface area contributed by atoms with Crippen LogP contribution in [0.1, 0.15) is 0 Å². The maximum atomic E-state index is 12.8. The molecule has 0 aromatic heterocycles. The van der Waals surface area contributed by atoms with Crippen LogP contribution >= 0.6 is 0 Å². The van der Waals surface area contributed by atoms with Crippen LogP contribution in [0.3, 0.4) is 0 Å². The van der Waals surface area contributed by atoms with E-state index in [0.29, 0.717) is 0 Å². The van der Waals surface area contributed by atoms with Gasteiger partial charge in [0.1, 0.15) is 0 Å². The number of aliphatic hydroxyl groups is 1. The standard InChI is InChI=1S/C8HF17O.FH/c9-1(10,3(13,14)5(17,18)7(20,21)22)2(11,12)4(15,16)6(19,26)8(23,24)25;/h26H;1H. The highest BCUT2D eigenvalue weighted by atomic mass is 19.4. The summed E-state index contributed by atoms with van der Waals surface area (Å²) < 4.78 is 210. The molecule has 0 saturated carbocycles. The van der Waals surface area contributed by atoms with Crippen molar-refractivity contribution in [1.82, 2.24) is 0 Å². The molecule has 0 fully saturated rings. The van der Waals surface area contributed by atoms with Gasteiger partial charge in [-0.05, 0) is 0 Å². The molecule has 19 heteroatoms. The Morgan fingerprint density at radius 1 is 0.333 bits per heavy atom. The van der Waals surface area contributed by atoms with Crippen molar-refractivity contribution in [3.8, 4) is 0 Å². The third kappa shape index (κ3) is 3.34. The van der Waals surface area contributed by atoms with Crippen molar-refractivity contribution in [2.24, 2.45) is 0 Å². The van der Waals surface area contributed by atoms with Crippen molar-refractivity contribution in [3.63, 3.8) is 0 Å². The molecule has 0 amide bonds. The van der Waals surface area contributed by atoms with Gasteiger partial charge in [0.2, 0.25) is 0 Å². The van der Waals surface area contributed by atoms with Crippen molar-refractivity contribution >= 4 is 0 Å². The molecule has 1 N–H and O–H groups in total. The highest BCUT2D eigenvalue weighted by Crippen LogP contribution is 2.63. The largest absolute Gasteiger partial charge is 0.460 e. The molecule has 0 aromatic carbocycles. The van der Waals surface area contributed by atoms with E-state index in [4.69, 9.17) is 5.11 Å². The Kier molecular flexibility index (Phi) is 6.58. The van der Waals surface area contributed by atoms with Gasteiger partial charge in [-0.1, -0.05) is 0 Å². The van der Waals surface area contributed by atoms with Crippen LogP contribution in [0.2, 0.25) is 0 Å². The van der Waals surface area contributed by atoms with E-state index in [1.165, 1.54) is 0 Å². The van der Waals surface area contributed by atoms with E-state index in [1.54, 1.807) is 0 Å². The molecule has 1 unspecified atom stereocenters. The van der Waals surface area contributed by atoms with E-state index in [2.05, 4.69) is 0 Å². The van der Waals surface area contributed by atoms with Gasteiger partial charge in [0.05, 0.1) is 0 Å². The third-order valence-corrected chi connectivity index (χ3v) is 2.73. The van der Waals surface area contributed by atoms with Crippen LogP contribution in [0.5, 0.6) is 0 Å². The van der Waals surface area contributed by atoms with Gasteiger partial charge in [-0.15, -0.1) is 0 Å². The Balaban J connectivity index is 0. The summed E-state index contributed by atoms with van der Waals surface area (Å²) in [5.74, 6) is -50.0. The minimum absolute atomic E-state index is 0. The topological polar surface area (TPSA) is 20.2 Å². The zero-order chi connectivity index (χ0) is 22.0. The first-order chi connectivity index (χ1) is 10.8. The number of hydrogen-bond acceptors (Lipinski definition) is 1. The molecule has 0 aliphatic rings. The van der Waals surface area contributed by atoms with Gasteiger partial charge in [0, 0.05) is 0 Å². The Labute approximate surface area is 134 Å². The molecule has 0 radical (unpaired) electrons. The molecule has 0 heterocycles. The first-order valence-electron chi connectivity index (χ1n) is 5.19. The molecular weight excluding hydrogens is 454 g/mol. The van der Waals surface area contributed by atoms with Crippen LogP contribution in [-0.4, -0.2) is 52.9 Å². The number of rotatable bonds is 5. The van der Waals surface area contributed by atoms with Crippen LogP contribution in [0.15, 0.2) is 0 Å². The minimum atomic E-state index is -8.64. The molecular formula is C8H2F18O. The average molecular weight is 456 g/mol. The van der Waals surface area contributed by atoms with E-state index in [-0.39, 0.29) is 4.70 Å². The number of halogens is 18. The van der Waals surface area contributed by atoms with Gasteiger partial charge in [-0.2, -0.15) is 74.6 Å². The maximum Gasteiger partial charge on any atom is 0.460 e. The average Bonchev–Trinajstić information content (AvgIpc) is 2.34. The lowest BCUT2D eigenvalue weighted by Crippen LogP contribution is -2.74. The summed E-state index contributed by atoms with van der Waals surface area (Å²) in [7, 11) is 0. The molecule has 0 aliphatic carbocycles. The Morgan fingerprint density at radius 2 is 0.556 bits per heavy atom. The minimum Gasteiger partial charge on any atom is -0.350 e. The van der Waals surface area contributed by atoms with Gasteiger partial charge in [0.25, 0.3) is 0 Å². The number of hydrogen-bond donors (Lipinski definition) is 1. The molecule has 0 bridgehead atoms. The first-order valence-corrected chi connectivity index (χ1v) is 5.19. The molecule has 1 atom stereocenters. The molecule has 0 saturated heterocycles. The van der Waals surface area contributed by atoms with Crippen molar-refractivity contribution in [3.05, 3.63) is 0 Å². The van der Waals surface area contributed by atoms with Crippen LogP contribution in [0.4, 0.5) is 79.3 Å². The van der Waals surface area contributed by atoms with Crippen LogP contribution in [0.25, 0.3) is 0 Å². The fourth-order valence-corrected chi connectivity index (χ4v) is 1.16. The fourth-order valence-electron chi connectivity index (χ4n) is 1.16. The molecule has 0 aliphatic heterocycles. The summed E-state index contributed by atoms with van der Waals surface area (Å²) in [6.07, 6.45) is -15.4. The van der Waals surface area contributed by atoms with Crippen LogP contribution in [-0.2, 0) is 0 Å².